The third-order valence-electron chi connectivity index (χ3n) is 2.25. The predicted molar refractivity (Wildman–Crippen MR) is 67.5 cm³/mol. The highest BCUT2D eigenvalue weighted by Crippen LogP contribution is 2.21. The van der Waals surface area contributed by atoms with Crippen LogP contribution >= 0.6 is 11.6 Å². The number of benzene rings is 1. The van der Waals surface area contributed by atoms with Crippen LogP contribution in [0.4, 0.5) is 0 Å². The average molecular weight is 272 g/mol. The van der Waals surface area contributed by atoms with E-state index >= 15 is 0 Å². The van der Waals surface area contributed by atoms with Crippen LogP contribution in [0.1, 0.15) is 10.4 Å². The first-order valence-electron chi connectivity index (χ1n) is 5.31. The Morgan fingerprint density at radius 2 is 2.28 bits per heavy atom. The molecule has 0 spiro atoms. The molecule has 0 aliphatic rings. The van der Waals surface area contributed by atoms with Gasteiger partial charge in [0.05, 0.1) is 11.6 Å². The Bertz CT molecular complexity index is 436. The number of likely N-dealkylation sites (N-methyl/N-ethyl adjacent to an activating group) is 1. The van der Waals surface area contributed by atoms with Crippen molar-refractivity contribution >= 4 is 23.9 Å². The van der Waals surface area contributed by atoms with Crippen molar-refractivity contribution in [2.45, 2.75) is 0 Å². The number of halogens is 1. The summed E-state index contributed by atoms with van der Waals surface area (Å²) in [4.78, 5) is 22.6. The van der Waals surface area contributed by atoms with Gasteiger partial charge in [-0.1, -0.05) is 11.6 Å². The summed E-state index contributed by atoms with van der Waals surface area (Å²) in [5.41, 5.74) is 0.409. The molecule has 1 rings (SSSR count). The van der Waals surface area contributed by atoms with E-state index in [1.54, 1.807) is 30.1 Å². The molecule has 18 heavy (non-hydrogen) atoms. The Labute approximate surface area is 110 Å². The topological polar surface area (TPSA) is 66.8 Å². The number of carboxylic acids is 1. The van der Waals surface area contributed by atoms with Crippen LogP contribution in [-0.4, -0.2) is 49.0 Å². The van der Waals surface area contributed by atoms with E-state index < -0.39 is 5.97 Å². The second-order valence-corrected chi connectivity index (χ2v) is 4.19. The zero-order chi connectivity index (χ0) is 13.5. The minimum atomic E-state index is -0.879. The Balaban J connectivity index is 2.42. The number of carbonyl (C=O) groups is 2. The lowest BCUT2D eigenvalue weighted by molar-refractivity contribution is -0.138. The van der Waals surface area contributed by atoms with Gasteiger partial charge in [-0.15, -0.1) is 0 Å². The zero-order valence-electron chi connectivity index (χ0n) is 9.93. The molecule has 0 unspecified atom stereocenters. The molecule has 1 aromatic rings. The first kappa shape index (κ1) is 14.5. The van der Waals surface area contributed by atoms with Crippen molar-refractivity contribution in [3.8, 4) is 5.75 Å². The van der Waals surface area contributed by atoms with E-state index in [9.17, 15) is 9.59 Å². The summed E-state index contributed by atoms with van der Waals surface area (Å²) >= 11 is 5.84. The summed E-state index contributed by atoms with van der Waals surface area (Å²) in [5.74, 6) is -0.329. The van der Waals surface area contributed by atoms with Crippen LogP contribution in [0.15, 0.2) is 18.2 Å². The molecule has 0 aliphatic heterocycles. The van der Waals surface area contributed by atoms with Crippen LogP contribution in [0.5, 0.6) is 5.75 Å². The number of rotatable bonds is 7. The molecule has 5 nitrogen and oxygen atoms in total. The number of hydrogen-bond donors (Lipinski definition) is 1. The first-order chi connectivity index (χ1) is 8.52. The minimum absolute atomic E-state index is 0.0335. The van der Waals surface area contributed by atoms with E-state index in [1.165, 1.54) is 0 Å². The van der Waals surface area contributed by atoms with Gasteiger partial charge in [-0.3, -0.25) is 14.5 Å². The number of carbonyl (C=O) groups excluding carboxylic acids is 1. The lowest BCUT2D eigenvalue weighted by Crippen LogP contribution is -2.29. The number of hydrogen-bond acceptors (Lipinski definition) is 4. The van der Waals surface area contributed by atoms with Crippen LogP contribution in [-0.2, 0) is 4.79 Å². The fourth-order valence-corrected chi connectivity index (χ4v) is 1.54. The highest BCUT2D eigenvalue weighted by molar-refractivity contribution is 6.33. The second-order valence-electron chi connectivity index (χ2n) is 3.78. The van der Waals surface area contributed by atoms with Gasteiger partial charge in [-0.05, 0) is 25.2 Å². The number of aliphatic carboxylic acids is 1. The van der Waals surface area contributed by atoms with Crippen LogP contribution in [0.3, 0.4) is 0 Å². The Morgan fingerprint density at radius 3 is 2.83 bits per heavy atom. The number of aldehydes is 1. The molecule has 0 aromatic heterocycles. The van der Waals surface area contributed by atoms with Crippen molar-refractivity contribution in [3.05, 3.63) is 28.8 Å². The van der Waals surface area contributed by atoms with E-state index in [0.29, 0.717) is 35.8 Å². The molecule has 0 heterocycles. The molecular formula is C12H14ClNO4. The van der Waals surface area contributed by atoms with Crippen molar-refractivity contribution < 1.29 is 19.4 Å². The summed E-state index contributed by atoms with van der Waals surface area (Å²) in [7, 11) is 1.69. The van der Waals surface area contributed by atoms with Crippen LogP contribution in [0.25, 0.3) is 0 Å². The minimum Gasteiger partial charge on any atom is -0.492 e. The molecule has 0 radical (unpaired) electrons. The van der Waals surface area contributed by atoms with Gasteiger partial charge in [0.25, 0.3) is 0 Å². The molecule has 0 aliphatic carbocycles. The van der Waals surface area contributed by atoms with Crippen LogP contribution in [0, 0.1) is 0 Å². The van der Waals surface area contributed by atoms with Gasteiger partial charge in [-0.25, -0.2) is 0 Å². The molecule has 0 bridgehead atoms. The summed E-state index contributed by atoms with van der Waals surface area (Å²) < 4.78 is 5.40. The fourth-order valence-electron chi connectivity index (χ4n) is 1.32. The number of ether oxygens (including phenoxy) is 1. The average Bonchev–Trinajstić information content (AvgIpc) is 2.28. The zero-order valence-corrected chi connectivity index (χ0v) is 10.7. The van der Waals surface area contributed by atoms with Crippen molar-refractivity contribution in [1.82, 2.24) is 4.90 Å². The van der Waals surface area contributed by atoms with Gasteiger partial charge in [0, 0.05) is 12.1 Å². The van der Waals surface area contributed by atoms with Gasteiger partial charge in [-0.2, -0.15) is 0 Å². The van der Waals surface area contributed by atoms with E-state index in [-0.39, 0.29) is 6.54 Å². The summed E-state index contributed by atoms with van der Waals surface area (Å²) in [6.07, 6.45) is 0.673. The standard InChI is InChI=1S/C12H14ClNO4/c1-14(7-12(16)17)4-5-18-10-3-2-9(8-15)11(13)6-10/h2-3,6,8H,4-5,7H2,1H3,(H,16,17). The van der Waals surface area contributed by atoms with Crippen molar-refractivity contribution in [2.75, 3.05) is 26.7 Å². The van der Waals surface area contributed by atoms with Gasteiger partial charge >= 0.3 is 5.97 Å². The number of nitrogens with zero attached hydrogens (tertiary/aromatic N) is 1. The lowest BCUT2D eigenvalue weighted by atomic mass is 10.2. The Morgan fingerprint density at radius 1 is 1.56 bits per heavy atom. The van der Waals surface area contributed by atoms with Crippen LogP contribution in [0.2, 0.25) is 5.02 Å². The van der Waals surface area contributed by atoms with Gasteiger partial charge in [0.2, 0.25) is 0 Å². The third kappa shape index (κ3) is 4.73. The maximum atomic E-state index is 10.6. The molecule has 0 saturated carbocycles. The lowest BCUT2D eigenvalue weighted by Gasteiger charge is -2.14. The van der Waals surface area contributed by atoms with Gasteiger partial charge < -0.3 is 9.84 Å². The SMILES string of the molecule is CN(CCOc1ccc(C=O)c(Cl)c1)CC(=O)O. The normalized spacial score (nSPS) is 10.4. The van der Waals surface area contributed by atoms with Crippen molar-refractivity contribution in [1.29, 1.82) is 0 Å². The molecular weight excluding hydrogens is 258 g/mol. The molecule has 0 amide bonds. The Hall–Kier alpha value is -1.59. The predicted octanol–water partition coefficient (Wildman–Crippen LogP) is 1.55. The maximum Gasteiger partial charge on any atom is 0.317 e. The monoisotopic (exact) mass is 271 g/mol. The summed E-state index contributed by atoms with van der Waals surface area (Å²) in [6, 6.07) is 4.78. The highest BCUT2D eigenvalue weighted by atomic mass is 35.5. The molecule has 98 valence electrons. The van der Waals surface area contributed by atoms with E-state index in [1.807, 2.05) is 0 Å². The van der Waals surface area contributed by atoms with E-state index in [0.717, 1.165) is 0 Å². The van der Waals surface area contributed by atoms with Crippen molar-refractivity contribution in [3.63, 3.8) is 0 Å². The summed E-state index contributed by atoms with van der Waals surface area (Å²) in [5, 5.41) is 8.90. The molecule has 0 atom stereocenters. The molecule has 1 aromatic carbocycles. The smallest absolute Gasteiger partial charge is 0.317 e. The largest absolute Gasteiger partial charge is 0.492 e. The quantitative estimate of drug-likeness (QED) is 0.762. The second kappa shape index (κ2) is 6.98. The van der Waals surface area contributed by atoms with Crippen molar-refractivity contribution in [2.24, 2.45) is 0 Å². The number of carboxylic acid groups (broad SMARTS) is 1. The summed E-state index contributed by atoms with van der Waals surface area (Å²) in [6.45, 7) is 0.800. The maximum absolute atomic E-state index is 10.6. The molecule has 0 fully saturated rings. The van der Waals surface area contributed by atoms with Gasteiger partial charge in [0.1, 0.15) is 12.4 Å². The van der Waals surface area contributed by atoms with Gasteiger partial charge in [0.15, 0.2) is 6.29 Å². The molecule has 0 saturated heterocycles. The Kier molecular flexibility index (Phi) is 5.61. The van der Waals surface area contributed by atoms with E-state index in [4.69, 9.17) is 21.4 Å². The fraction of sp³-hybridized carbons (Fsp3) is 0.333. The molecule has 6 heteroatoms. The van der Waals surface area contributed by atoms with E-state index in [2.05, 4.69) is 0 Å². The van der Waals surface area contributed by atoms with Crippen LogP contribution < -0.4 is 4.74 Å². The third-order valence-corrected chi connectivity index (χ3v) is 2.57. The highest BCUT2D eigenvalue weighted by Gasteiger charge is 2.05. The first-order valence-corrected chi connectivity index (χ1v) is 5.68. The molecule has 1 N–H and O–H groups in total.